The minimum atomic E-state index is 0.537. The Kier molecular flexibility index (Phi) is 2.01. The van der Waals surface area contributed by atoms with Crippen LogP contribution in [-0.2, 0) is 6.54 Å². The second-order valence-corrected chi connectivity index (χ2v) is 3.87. The molecule has 0 amide bonds. The van der Waals surface area contributed by atoms with E-state index in [0.29, 0.717) is 6.04 Å². The highest BCUT2D eigenvalue weighted by molar-refractivity contribution is 7.07. The molecule has 0 radical (unpaired) electrons. The molecule has 1 aliphatic rings. The van der Waals surface area contributed by atoms with Gasteiger partial charge >= 0.3 is 0 Å². The van der Waals surface area contributed by atoms with Gasteiger partial charge in [-0.15, -0.1) is 0 Å². The maximum absolute atomic E-state index is 8.81. The minimum Gasteiger partial charge on any atom is -0.303 e. The fourth-order valence-corrected chi connectivity index (χ4v) is 1.87. The summed E-state index contributed by atoms with van der Waals surface area (Å²) in [5.74, 6) is 0. The van der Waals surface area contributed by atoms with Crippen LogP contribution >= 0.6 is 11.3 Å². The number of hydrogen-bond donors (Lipinski definition) is 0. The topological polar surface area (TPSA) is 27.0 Å². The fourth-order valence-electron chi connectivity index (χ4n) is 1.21. The van der Waals surface area contributed by atoms with Crippen molar-refractivity contribution < 1.29 is 0 Å². The molecule has 1 aromatic rings. The summed E-state index contributed by atoms with van der Waals surface area (Å²) >= 11 is 1.69. The van der Waals surface area contributed by atoms with Gasteiger partial charge in [0.15, 0.2) is 6.19 Å². The molecule has 2 rings (SSSR count). The monoisotopic (exact) mass is 178 g/mol. The van der Waals surface area contributed by atoms with E-state index in [1.54, 1.807) is 11.3 Å². The molecule has 0 unspecified atom stereocenters. The van der Waals surface area contributed by atoms with E-state index >= 15 is 0 Å². The predicted octanol–water partition coefficient (Wildman–Crippen LogP) is 2.19. The van der Waals surface area contributed by atoms with E-state index in [9.17, 15) is 0 Å². The number of nitriles is 1. The number of rotatable bonds is 3. The van der Waals surface area contributed by atoms with Gasteiger partial charge in [-0.1, -0.05) is 0 Å². The van der Waals surface area contributed by atoms with Crippen molar-refractivity contribution >= 4 is 11.3 Å². The molecule has 1 fully saturated rings. The summed E-state index contributed by atoms with van der Waals surface area (Å²) in [5.41, 5.74) is 1.26. The van der Waals surface area contributed by atoms with Gasteiger partial charge < -0.3 is 4.90 Å². The van der Waals surface area contributed by atoms with Gasteiger partial charge in [0.2, 0.25) is 0 Å². The Hall–Kier alpha value is -1.01. The standard InChI is InChI=1S/C9H10N2S/c10-7-11(9-1-2-9)5-8-3-4-12-6-8/h3-4,6,9H,1-2,5H2. The number of nitrogens with zero attached hydrogens (tertiary/aromatic N) is 2. The van der Waals surface area contributed by atoms with E-state index in [0.717, 1.165) is 6.54 Å². The Morgan fingerprint density at radius 1 is 1.67 bits per heavy atom. The summed E-state index contributed by atoms with van der Waals surface area (Å²) < 4.78 is 0. The molecule has 0 aromatic carbocycles. The Morgan fingerprint density at radius 3 is 3.00 bits per heavy atom. The molecular formula is C9H10N2S. The first-order chi connectivity index (χ1) is 5.90. The Bertz CT molecular complexity index is 282. The molecule has 0 saturated heterocycles. The Balaban J connectivity index is 1.97. The fraction of sp³-hybridized carbons (Fsp3) is 0.444. The van der Waals surface area contributed by atoms with E-state index < -0.39 is 0 Å². The lowest BCUT2D eigenvalue weighted by Crippen LogP contribution is -2.18. The van der Waals surface area contributed by atoms with Crippen molar-refractivity contribution in [1.82, 2.24) is 4.90 Å². The molecule has 0 N–H and O–H groups in total. The van der Waals surface area contributed by atoms with Crippen LogP contribution in [0.2, 0.25) is 0 Å². The van der Waals surface area contributed by atoms with Crippen LogP contribution in [0.25, 0.3) is 0 Å². The number of hydrogen-bond acceptors (Lipinski definition) is 3. The number of thiophene rings is 1. The summed E-state index contributed by atoms with van der Waals surface area (Å²) in [4.78, 5) is 1.88. The molecule has 0 atom stereocenters. The average molecular weight is 178 g/mol. The summed E-state index contributed by atoms with van der Waals surface area (Å²) in [5, 5.41) is 13.0. The highest BCUT2D eigenvalue weighted by Crippen LogP contribution is 2.27. The highest BCUT2D eigenvalue weighted by Gasteiger charge is 2.28. The lowest BCUT2D eigenvalue weighted by molar-refractivity contribution is 0.376. The van der Waals surface area contributed by atoms with Crippen molar-refractivity contribution in [2.75, 3.05) is 0 Å². The molecule has 0 aliphatic heterocycles. The molecule has 1 aliphatic carbocycles. The normalized spacial score (nSPS) is 15.6. The maximum atomic E-state index is 8.81. The quantitative estimate of drug-likeness (QED) is 0.524. The highest BCUT2D eigenvalue weighted by atomic mass is 32.1. The van der Waals surface area contributed by atoms with Crippen molar-refractivity contribution in [1.29, 1.82) is 5.26 Å². The zero-order valence-corrected chi connectivity index (χ0v) is 7.55. The van der Waals surface area contributed by atoms with Gasteiger partial charge in [0.1, 0.15) is 0 Å². The van der Waals surface area contributed by atoms with Crippen molar-refractivity contribution in [2.24, 2.45) is 0 Å². The third-order valence-electron chi connectivity index (χ3n) is 2.05. The summed E-state index contributed by atoms with van der Waals surface area (Å²) in [6, 6.07) is 2.62. The van der Waals surface area contributed by atoms with E-state index in [2.05, 4.69) is 23.0 Å². The van der Waals surface area contributed by atoms with E-state index in [-0.39, 0.29) is 0 Å². The molecule has 12 heavy (non-hydrogen) atoms. The second-order valence-electron chi connectivity index (χ2n) is 3.09. The first-order valence-electron chi connectivity index (χ1n) is 4.07. The Labute approximate surface area is 76.0 Å². The lowest BCUT2D eigenvalue weighted by atomic mass is 10.3. The molecule has 3 heteroatoms. The van der Waals surface area contributed by atoms with E-state index in [1.807, 2.05) is 4.90 Å². The molecular weight excluding hydrogens is 168 g/mol. The zero-order chi connectivity index (χ0) is 8.39. The van der Waals surface area contributed by atoms with E-state index in [1.165, 1.54) is 18.4 Å². The van der Waals surface area contributed by atoms with Gasteiger partial charge in [-0.3, -0.25) is 0 Å². The van der Waals surface area contributed by atoms with Crippen LogP contribution in [0, 0.1) is 11.5 Å². The second kappa shape index (κ2) is 3.16. The molecule has 62 valence electrons. The summed E-state index contributed by atoms with van der Waals surface area (Å²) in [6.45, 7) is 0.796. The van der Waals surface area contributed by atoms with Gasteiger partial charge in [0.05, 0.1) is 6.54 Å². The summed E-state index contributed by atoms with van der Waals surface area (Å²) in [6.07, 6.45) is 4.62. The zero-order valence-electron chi connectivity index (χ0n) is 6.73. The first kappa shape index (κ1) is 7.63. The molecule has 1 saturated carbocycles. The van der Waals surface area contributed by atoms with Gasteiger partial charge in [0, 0.05) is 6.04 Å². The molecule has 0 spiro atoms. The van der Waals surface area contributed by atoms with Crippen LogP contribution < -0.4 is 0 Å². The van der Waals surface area contributed by atoms with Gasteiger partial charge in [-0.25, -0.2) is 0 Å². The van der Waals surface area contributed by atoms with Gasteiger partial charge in [-0.05, 0) is 35.2 Å². The van der Waals surface area contributed by atoms with Crippen LogP contribution in [0.1, 0.15) is 18.4 Å². The van der Waals surface area contributed by atoms with Crippen LogP contribution in [0.4, 0.5) is 0 Å². The van der Waals surface area contributed by atoms with Crippen LogP contribution in [-0.4, -0.2) is 10.9 Å². The maximum Gasteiger partial charge on any atom is 0.179 e. The third-order valence-corrected chi connectivity index (χ3v) is 2.78. The van der Waals surface area contributed by atoms with Crippen molar-refractivity contribution in [2.45, 2.75) is 25.4 Å². The Morgan fingerprint density at radius 2 is 2.50 bits per heavy atom. The minimum absolute atomic E-state index is 0.537. The SMILES string of the molecule is N#CN(Cc1ccsc1)C1CC1. The predicted molar refractivity (Wildman–Crippen MR) is 48.5 cm³/mol. The summed E-state index contributed by atoms with van der Waals surface area (Å²) in [7, 11) is 0. The molecule has 0 bridgehead atoms. The van der Waals surface area contributed by atoms with Crippen LogP contribution in [0.5, 0.6) is 0 Å². The van der Waals surface area contributed by atoms with E-state index in [4.69, 9.17) is 5.26 Å². The van der Waals surface area contributed by atoms with Gasteiger partial charge in [0.25, 0.3) is 0 Å². The van der Waals surface area contributed by atoms with Crippen LogP contribution in [0.15, 0.2) is 16.8 Å². The first-order valence-corrected chi connectivity index (χ1v) is 5.02. The van der Waals surface area contributed by atoms with Crippen LogP contribution in [0.3, 0.4) is 0 Å². The van der Waals surface area contributed by atoms with Crippen molar-refractivity contribution in [3.05, 3.63) is 22.4 Å². The van der Waals surface area contributed by atoms with Crippen molar-refractivity contribution in [3.63, 3.8) is 0 Å². The van der Waals surface area contributed by atoms with Crippen molar-refractivity contribution in [3.8, 4) is 6.19 Å². The lowest BCUT2D eigenvalue weighted by Gasteiger charge is -2.12. The molecule has 1 heterocycles. The largest absolute Gasteiger partial charge is 0.303 e. The average Bonchev–Trinajstić information content (AvgIpc) is 2.80. The molecule has 1 aromatic heterocycles. The third kappa shape index (κ3) is 1.59. The smallest absolute Gasteiger partial charge is 0.179 e. The van der Waals surface area contributed by atoms with Gasteiger partial charge in [-0.2, -0.15) is 16.6 Å². The molecule has 2 nitrogen and oxygen atoms in total.